The van der Waals surface area contributed by atoms with E-state index >= 15 is 0 Å². The third-order valence-corrected chi connectivity index (χ3v) is 5.69. The molecule has 184 valence electrons. The molecule has 0 atom stereocenters. The molecule has 1 fully saturated rings. The predicted octanol–water partition coefficient (Wildman–Crippen LogP) is 3.27. The topological polar surface area (TPSA) is 95.6 Å². The highest BCUT2D eigenvalue weighted by Gasteiger charge is 2.26. The number of Topliss-reactive ketones (excluding diaryl/α,β-unsaturated/α-hetero) is 1. The second-order valence-electron chi connectivity index (χ2n) is 7.73. The first-order valence-electron chi connectivity index (χ1n) is 11.1. The zero-order valence-electron chi connectivity index (χ0n) is 20.1. The molecule has 1 N–H and O–H groups in total. The maximum absolute atomic E-state index is 13.4. The standard InChI is InChI=1S/C25H32N2O7/c1-30-18-9-7-17(8-10-18)25(29)26-19-16-21(31-2)23(32-3)24(33-4)22(19)20(28)6-5-11-27-12-14-34-15-13-27/h7-10,16H,5-6,11-15H2,1-4H3,(H,26,29). The van der Waals surface area contributed by atoms with Crippen molar-refractivity contribution in [2.75, 3.05) is 66.6 Å². The Hall–Kier alpha value is -3.30. The number of rotatable bonds is 11. The molecule has 2 aromatic rings. The van der Waals surface area contributed by atoms with Crippen LogP contribution in [0.15, 0.2) is 30.3 Å². The summed E-state index contributed by atoms with van der Waals surface area (Å²) in [7, 11) is 5.97. The number of carbonyl (C=O) groups excluding carboxylic acids is 2. The van der Waals surface area contributed by atoms with Crippen LogP contribution in [0.2, 0.25) is 0 Å². The van der Waals surface area contributed by atoms with Crippen LogP contribution in [0.4, 0.5) is 5.69 Å². The van der Waals surface area contributed by atoms with Crippen molar-refractivity contribution in [3.63, 3.8) is 0 Å². The van der Waals surface area contributed by atoms with Gasteiger partial charge in [0.25, 0.3) is 5.91 Å². The van der Waals surface area contributed by atoms with E-state index in [4.69, 9.17) is 23.7 Å². The number of methoxy groups -OCH3 is 4. The van der Waals surface area contributed by atoms with Crippen molar-refractivity contribution in [3.05, 3.63) is 41.5 Å². The molecule has 0 radical (unpaired) electrons. The quantitative estimate of drug-likeness (QED) is 0.498. The highest BCUT2D eigenvalue weighted by molar-refractivity contribution is 6.11. The molecule has 0 unspecified atom stereocenters. The molecule has 1 saturated heterocycles. The lowest BCUT2D eigenvalue weighted by Crippen LogP contribution is -2.37. The summed E-state index contributed by atoms with van der Waals surface area (Å²) in [5.41, 5.74) is 0.968. The molecule has 0 bridgehead atoms. The number of hydrogen-bond donors (Lipinski definition) is 1. The van der Waals surface area contributed by atoms with Gasteiger partial charge in [-0.2, -0.15) is 0 Å². The van der Waals surface area contributed by atoms with Crippen LogP contribution in [-0.4, -0.2) is 77.9 Å². The predicted molar refractivity (Wildman–Crippen MR) is 128 cm³/mol. The van der Waals surface area contributed by atoms with E-state index in [-0.39, 0.29) is 29.4 Å². The molecule has 34 heavy (non-hydrogen) atoms. The van der Waals surface area contributed by atoms with Crippen LogP contribution in [0.25, 0.3) is 0 Å². The van der Waals surface area contributed by atoms with Gasteiger partial charge in [-0.15, -0.1) is 0 Å². The number of nitrogens with one attached hydrogen (secondary N) is 1. The number of amides is 1. The Kier molecular flexibility index (Phi) is 9.12. The summed E-state index contributed by atoms with van der Waals surface area (Å²) in [4.78, 5) is 28.6. The zero-order valence-corrected chi connectivity index (χ0v) is 20.1. The van der Waals surface area contributed by atoms with E-state index in [0.717, 1.165) is 19.6 Å². The molecule has 3 rings (SSSR count). The van der Waals surface area contributed by atoms with Gasteiger partial charge in [0.05, 0.1) is 52.9 Å². The minimum absolute atomic E-state index is 0.156. The van der Waals surface area contributed by atoms with Gasteiger partial charge in [-0.25, -0.2) is 0 Å². The number of ether oxygens (including phenoxy) is 5. The maximum atomic E-state index is 13.4. The molecule has 0 spiro atoms. The van der Waals surface area contributed by atoms with Crippen molar-refractivity contribution in [2.45, 2.75) is 12.8 Å². The van der Waals surface area contributed by atoms with Gasteiger partial charge in [0.15, 0.2) is 17.3 Å². The first-order chi connectivity index (χ1) is 16.5. The van der Waals surface area contributed by atoms with Gasteiger partial charge in [-0.3, -0.25) is 14.5 Å². The fourth-order valence-corrected chi connectivity index (χ4v) is 3.88. The van der Waals surface area contributed by atoms with Crippen molar-refractivity contribution in [1.29, 1.82) is 0 Å². The third-order valence-electron chi connectivity index (χ3n) is 5.69. The van der Waals surface area contributed by atoms with Gasteiger partial charge >= 0.3 is 0 Å². The van der Waals surface area contributed by atoms with Crippen molar-refractivity contribution in [1.82, 2.24) is 4.90 Å². The number of anilines is 1. The maximum Gasteiger partial charge on any atom is 0.255 e. The Morgan fingerprint density at radius 1 is 0.941 bits per heavy atom. The van der Waals surface area contributed by atoms with Crippen LogP contribution in [0.5, 0.6) is 23.0 Å². The molecule has 0 saturated carbocycles. The fourth-order valence-electron chi connectivity index (χ4n) is 3.88. The summed E-state index contributed by atoms with van der Waals surface area (Å²) in [6.07, 6.45) is 0.955. The molecule has 2 aromatic carbocycles. The number of benzene rings is 2. The van der Waals surface area contributed by atoms with Gasteiger partial charge < -0.3 is 29.0 Å². The van der Waals surface area contributed by atoms with Crippen LogP contribution in [0, 0.1) is 0 Å². The summed E-state index contributed by atoms with van der Waals surface area (Å²) in [6, 6.07) is 8.27. The lowest BCUT2D eigenvalue weighted by molar-refractivity contribution is 0.0371. The van der Waals surface area contributed by atoms with Gasteiger partial charge in [0.2, 0.25) is 5.75 Å². The largest absolute Gasteiger partial charge is 0.497 e. The van der Waals surface area contributed by atoms with E-state index in [9.17, 15) is 9.59 Å². The Balaban J connectivity index is 1.88. The van der Waals surface area contributed by atoms with Crippen molar-refractivity contribution in [3.8, 4) is 23.0 Å². The molecule has 9 heteroatoms. The monoisotopic (exact) mass is 472 g/mol. The van der Waals surface area contributed by atoms with E-state index in [1.54, 1.807) is 37.4 Å². The van der Waals surface area contributed by atoms with E-state index < -0.39 is 0 Å². The highest BCUT2D eigenvalue weighted by Crippen LogP contribution is 2.44. The number of hydrogen-bond acceptors (Lipinski definition) is 8. The average molecular weight is 473 g/mol. The van der Waals surface area contributed by atoms with E-state index in [2.05, 4.69) is 10.2 Å². The summed E-state index contributed by atoms with van der Waals surface area (Å²) < 4.78 is 27.0. The summed E-state index contributed by atoms with van der Waals surface area (Å²) in [5.74, 6) is 0.970. The molecule has 1 aliphatic rings. The summed E-state index contributed by atoms with van der Waals surface area (Å²) >= 11 is 0. The Bertz CT molecular complexity index is 986. The normalized spacial score (nSPS) is 13.8. The molecule has 0 aliphatic carbocycles. The smallest absolute Gasteiger partial charge is 0.255 e. The first kappa shape index (κ1) is 25.3. The lowest BCUT2D eigenvalue weighted by Gasteiger charge is -2.26. The SMILES string of the molecule is COc1ccc(C(=O)Nc2cc(OC)c(OC)c(OC)c2C(=O)CCCN2CCOCC2)cc1. The van der Waals surface area contributed by atoms with Crippen molar-refractivity contribution >= 4 is 17.4 Å². The van der Waals surface area contributed by atoms with Gasteiger partial charge in [-0.05, 0) is 37.2 Å². The van der Waals surface area contributed by atoms with Crippen molar-refractivity contribution in [2.24, 2.45) is 0 Å². The van der Waals surface area contributed by atoms with Crippen molar-refractivity contribution < 1.29 is 33.3 Å². The molecule has 1 aliphatic heterocycles. The van der Waals surface area contributed by atoms with Crippen LogP contribution in [0.3, 0.4) is 0 Å². The van der Waals surface area contributed by atoms with Gasteiger partial charge in [0, 0.05) is 31.1 Å². The number of morpholine rings is 1. The van der Waals surface area contributed by atoms with E-state index in [0.29, 0.717) is 48.1 Å². The van der Waals surface area contributed by atoms with Crippen LogP contribution in [-0.2, 0) is 4.74 Å². The minimum Gasteiger partial charge on any atom is -0.497 e. The Morgan fingerprint density at radius 3 is 2.21 bits per heavy atom. The van der Waals surface area contributed by atoms with Crippen LogP contribution in [0.1, 0.15) is 33.6 Å². The molecule has 1 heterocycles. The number of carbonyl (C=O) groups is 2. The second kappa shape index (κ2) is 12.2. The first-order valence-corrected chi connectivity index (χ1v) is 11.1. The third kappa shape index (κ3) is 5.98. The average Bonchev–Trinajstić information content (AvgIpc) is 2.88. The molecular formula is C25H32N2O7. The molecule has 0 aromatic heterocycles. The second-order valence-corrected chi connectivity index (χ2v) is 7.73. The Morgan fingerprint density at radius 2 is 1.62 bits per heavy atom. The van der Waals surface area contributed by atoms with Gasteiger partial charge in [-0.1, -0.05) is 0 Å². The lowest BCUT2D eigenvalue weighted by atomic mass is 10.0. The highest BCUT2D eigenvalue weighted by atomic mass is 16.5. The van der Waals surface area contributed by atoms with Gasteiger partial charge in [0.1, 0.15) is 5.75 Å². The molecule has 9 nitrogen and oxygen atoms in total. The molecule has 1 amide bonds. The summed E-state index contributed by atoms with van der Waals surface area (Å²) in [6.45, 7) is 3.92. The van der Waals surface area contributed by atoms with Crippen LogP contribution >= 0.6 is 0 Å². The molecular weight excluding hydrogens is 440 g/mol. The Labute approximate surface area is 199 Å². The number of ketones is 1. The number of nitrogens with zero attached hydrogens (tertiary/aromatic N) is 1. The zero-order chi connectivity index (χ0) is 24.5. The van der Waals surface area contributed by atoms with E-state index in [1.165, 1.54) is 21.3 Å². The minimum atomic E-state index is -0.376. The van der Waals surface area contributed by atoms with E-state index in [1.807, 2.05) is 0 Å². The van der Waals surface area contributed by atoms with Crippen LogP contribution < -0.4 is 24.3 Å². The fraction of sp³-hybridized carbons (Fsp3) is 0.440. The summed E-state index contributed by atoms with van der Waals surface area (Å²) in [5, 5.41) is 2.84.